The number of carbonyl (C=O) groups excluding carboxylic acids is 2. The van der Waals surface area contributed by atoms with Crippen molar-refractivity contribution in [1.29, 1.82) is 0 Å². The van der Waals surface area contributed by atoms with Gasteiger partial charge in [-0.05, 0) is 30.4 Å². The Hall–Kier alpha value is -2.30. The molecule has 5 nitrogen and oxygen atoms in total. The molecule has 1 aliphatic rings. The van der Waals surface area contributed by atoms with Crippen molar-refractivity contribution in [2.75, 3.05) is 13.1 Å². The maximum Gasteiger partial charge on any atom is 0.242 e. The first-order valence-corrected chi connectivity index (χ1v) is 7.72. The van der Waals surface area contributed by atoms with E-state index in [9.17, 15) is 9.59 Å². The van der Waals surface area contributed by atoms with Gasteiger partial charge in [-0.1, -0.05) is 18.2 Å². The summed E-state index contributed by atoms with van der Waals surface area (Å²) in [6.45, 7) is 3.25. The third-order valence-corrected chi connectivity index (χ3v) is 4.17. The molecule has 0 bridgehead atoms. The number of hydrogen-bond acceptors (Lipinski definition) is 2. The van der Waals surface area contributed by atoms with Crippen LogP contribution >= 0.6 is 0 Å². The topological polar surface area (TPSA) is 54.3 Å². The number of rotatable bonds is 3. The Balaban J connectivity index is 1.67. The van der Waals surface area contributed by atoms with Crippen molar-refractivity contribution in [3.63, 3.8) is 0 Å². The Morgan fingerprint density at radius 1 is 1.27 bits per heavy atom. The van der Waals surface area contributed by atoms with Gasteiger partial charge in [-0.3, -0.25) is 9.59 Å². The summed E-state index contributed by atoms with van der Waals surface area (Å²) >= 11 is 0. The molecule has 3 rings (SSSR count). The van der Waals surface area contributed by atoms with Crippen LogP contribution in [0, 0.1) is 0 Å². The van der Waals surface area contributed by atoms with Crippen LogP contribution in [0.25, 0.3) is 10.9 Å². The van der Waals surface area contributed by atoms with E-state index in [0.29, 0.717) is 13.1 Å². The highest BCUT2D eigenvalue weighted by atomic mass is 16.2. The van der Waals surface area contributed by atoms with Crippen molar-refractivity contribution >= 4 is 22.7 Å². The van der Waals surface area contributed by atoms with E-state index in [1.807, 2.05) is 46.0 Å². The van der Waals surface area contributed by atoms with E-state index in [-0.39, 0.29) is 17.9 Å². The lowest BCUT2D eigenvalue weighted by molar-refractivity contribution is -0.134. The Kier molecular flexibility index (Phi) is 4.13. The van der Waals surface area contributed by atoms with E-state index >= 15 is 0 Å². The van der Waals surface area contributed by atoms with Gasteiger partial charge in [0.15, 0.2) is 0 Å². The molecule has 116 valence electrons. The molecule has 0 saturated carbocycles. The van der Waals surface area contributed by atoms with E-state index in [1.54, 1.807) is 0 Å². The molecule has 0 spiro atoms. The first kappa shape index (κ1) is 14.6. The average molecular weight is 299 g/mol. The van der Waals surface area contributed by atoms with Crippen LogP contribution in [0.3, 0.4) is 0 Å². The van der Waals surface area contributed by atoms with E-state index in [1.165, 1.54) is 6.92 Å². The number of piperidine rings is 1. The van der Waals surface area contributed by atoms with Crippen molar-refractivity contribution in [3.05, 3.63) is 36.5 Å². The molecule has 1 fully saturated rings. The first-order valence-electron chi connectivity index (χ1n) is 7.72. The summed E-state index contributed by atoms with van der Waals surface area (Å²) in [5.74, 6) is 0.0760. The van der Waals surface area contributed by atoms with Crippen LogP contribution in [0.2, 0.25) is 0 Å². The maximum absolute atomic E-state index is 12.5. The number of nitrogens with one attached hydrogen (secondary N) is 1. The van der Waals surface area contributed by atoms with E-state index in [2.05, 4.69) is 5.32 Å². The molecule has 1 aliphatic heterocycles. The predicted octanol–water partition coefficient (Wildman–Crippen LogP) is 1.77. The Labute approximate surface area is 129 Å². The van der Waals surface area contributed by atoms with Gasteiger partial charge in [-0.25, -0.2) is 0 Å². The molecule has 1 saturated heterocycles. The predicted molar refractivity (Wildman–Crippen MR) is 85.4 cm³/mol. The number of amides is 2. The highest BCUT2D eigenvalue weighted by molar-refractivity contribution is 5.83. The number of likely N-dealkylation sites (tertiary alicyclic amines) is 1. The van der Waals surface area contributed by atoms with Crippen molar-refractivity contribution in [1.82, 2.24) is 14.8 Å². The number of fused-ring (bicyclic) bond motifs is 1. The fourth-order valence-electron chi connectivity index (χ4n) is 3.13. The molecule has 2 heterocycles. The zero-order chi connectivity index (χ0) is 15.5. The average Bonchev–Trinajstić information content (AvgIpc) is 2.90. The summed E-state index contributed by atoms with van der Waals surface area (Å²) in [4.78, 5) is 25.6. The highest BCUT2D eigenvalue weighted by Crippen LogP contribution is 2.16. The molecule has 0 aliphatic carbocycles. The van der Waals surface area contributed by atoms with Crippen molar-refractivity contribution in [3.8, 4) is 0 Å². The van der Waals surface area contributed by atoms with Crippen LogP contribution in [0.1, 0.15) is 19.8 Å². The molecule has 1 atom stereocenters. The van der Waals surface area contributed by atoms with Crippen LogP contribution in [0.15, 0.2) is 36.5 Å². The number of para-hydroxylation sites is 1. The third kappa shape index (κ3) is 3.13. The monoisotopic (exact) mass is 299 g/mol. The number of nitrogens with zero attached hydrogens (tertiary/aromatic N) is 2. The van der Waals surface area contributed by atoms with Gasteiger partial charge in [-0.2, -0.15) is 0 Å². The highest BCUT2D eigenvalue weighted by Gasteiger charge is 2.24. The fraction of sp³-hybridized carbons (Fsp3) is 0.412. The standard InChI is InChI=1S/C17H21N3O2/c1-13(21)18-15-6-4-9-20(11-15)17(22)12-19-10-8-14-5-2-3-7-16(14)19/h2-3,5,7-8,10,15H,4,6,9,11-12H2,1H3,(H,18,21). The molecule has 2 aromatic rings. The van der Waals surface area contributed by atoms with Crippen LogP contribution in [-0.4, -0.2) is 40.4 Å². The van der Waals surface area contributed by atoms with Gasteiger partial charge >= 0.3 is 0 Å². The number of carbonyl (C=O) groups is 2. The van der Waals surface area contributed by atoms with Gasteiger partial charge in [0.1, 0.15) is 6.54 Å². The van der Waals surface area contributed by atoms with Gasteiger partial charge in [0.05, 0.1) is 0 Å². The number of aromatic nitrogens is 1. The minimum Gasteiger partial charge on any atom is -0.352 e. The van der Waals surface area contributed by atoms with Crippen molar-refractivity contribution < 1.29 is 9.59 Å². The SMILES string of the molecule is CC(=O)NC1CCCN(C(=O)Cn2ccc3ccccc32)C1. The molecule has 1 aromatic carbocycles. The van der Waals surface area contributed by atoms with E-state index in [0.717, 1.165) is 30.3 Å². The first-order chi connectivity index (χ1) is 10.6. The lowest BCUT2D eigenvalue weighted by Gasteiger charge is -2.33. The third-order valence-electron chi connectivity index (χ3n) is 4.17. The molecule has 1 unspecified atom stereocenters. The van der Waals surface area contributed by atoms with E-state index in [4.69, 9.17) is 0 Å². The smallest absolute Gasteiger partial charge is 0.242 e. The quantitative estimate of drug-likeness (QED) is 0.939. The summed E-state index contributed by atoms with van der Waals surface area (Å²) in [7, 11) is 0. The van der Waals surface area contributed by atoms with Gasteiger partial charge in [-0.15, -0.1) is 0 Å². The van der Waals surface area contributed by atoms with Gasteiger partial charge in [0, 0.05) is 37.8 Å². The molecule has 0 radical (unpaired) electrons. The number of hydrogen-bond donors (Lipinski definition) is 1. The summed E-state index contributed by atoms with van der Waals surface area (Å²) in [6.07, 6.45) is 3.83. The summed E-state index contributed by atoms with van der Waals surface area (Å²) in [5.41, 5.74) is 1.08. The fourth-order valence-corrected chi connectivity index (χ4v) is 3.13. The minimum absolute atomic E-state index is 0.0318. The second-order valence-electron chi connectivity index (χ2n) is 5.88. The molecular weight excluding hydrogens is 278 g/mol. The maximum atomic E-state index is 12.5. The molecule has 1 aromatic heterocycles. The second kappa shape index (κ2) is 6.22. The van der Waals surface area contributed by atoms with E-state index < -0.39 is 0 Å². The van der Waals surface area contributed by atoms with Gasteiger partial charge in [0.25, 0.3) is 0 Å². The Morgan fingerprint density at radius 2 is 2.09 bits per heavy atom. The Morgan fingerprint density at radius 3 is 2.91 bits per heavy atom. The summed E-state index contributed by atoms with van der Waals surface area (Å²) in [5, 5.41) is 4.06. The molecule has 1 N–H and O–H groups in total. The lowest BCUT2D eigenvalue weighted by atomic mass is 10.1. The zero-order valence-electron chi connectivity index (χ0n) is 12.8. The Bertz CT molecular complexity index is 692. The van der Waals surface area contributed by atoms with Crippen molar-refractivity contribution in [2.24, 2.45) is 0 Å². The van der Waals surface area contributed by atoms with Crippen LogP contribution < -0.4 is 5.32 Å². The second-order valence-corrected chi connectivity index (χ2v) is 5.88. The molecular formula is C17H21N3O2. The molecule has 5 heteroatoms. The van der Waals surface area contributed by atoms with Gasteiger partial charge in [0.2, 0.25) is 11.8 Å². The zero-order valence-corrected chi connectivity index (χ0v) is 12.8. The van der Waals surface area contributed by atoms with Gasteiger partial charge < -0.3 is 14.8 Å². The number of benzene rings is 1. The van der Waals surface area contributed by atoms with Crippen LogP contribution in [0.5, 0.6) is 0 Å². The van der Waals surface area contributed by atoms with Crippen molar-refractivity contribution in [2.45, 2.75) is 32.4 Å². The van der Waals surface area contributed by atoms with Crippen LogP contribution in [0.4, 0.5) is 0 Å². The lowest BCUT2D eigenvalue weighted by Crippen LogP contribution is -2.49. The summed E-state index contributed by atoms with van der Waals surface area (Å²) < 4.78 is 1.99. The molecule has 2 amide bonds. The normalized spacial score (nSPS) is 18.4. The largest absolute Gasteiger partial charge is 0.352 e. The minimum atomic E-state index is -0.0318. The molecule has 22 heavy (non-hydrogen) atoms. The van der Waals surface area contributed by atoms with Crippen LogP contribution in [-0.2, 0) is 16.1 Å². The summed E-state index contributed by atoms with van der Waals surface area (Å²) in [6, 6.07) is 10.2.